The van der Waals surface area contributed by atoms with Gasteiger partial charge in [-0.15, -0.1) is 11.3 Å². The number of anilines is 1. The minimum absolute atomic E-state index is 0.611. The Balaban J connectivity index is 1.70. The lowest BCUT2D eigenvalue weighted by atomic mass is 10.2. The lowest BCUT2D eigenvalue weighted by Crippen LogP contribution is -2.24. The number of nitrogens with two attached hydrogens (primary N) is 1. The number of nitrogens with zero attached hydrogens (tertiary/aromatic N) is 2. The molecule has 1 aliphatic rings. The summed E-state index contributed by atoms with van der Waals surface area (Å²) >= 11 is 1.83. The number of hydrogen-bond acceptors (Lipinski definition) is 4. The van der Waals surface area contributed by atoms with Crippen LogP contribution in [0.3, 0.4) is 0 Å². The van der Waals surface area contributed by atoms with Gasteiger partial charge in [0.25, 0.3) is 0 Å². The van der Waals surface area contributed by atoms with Crippen LogP contribution in [0, 0.1) is 0 Å². The highest BCUT2D eigenvalue weighted by Gasteiger charge is 2.29. The summed E-state index contributed by atoms with van der Waals surface area (Å²) in [4.78, 5) is 8.02. The van der Waals surface area contributed by atoms with E-state index in [1.165, 1.54) is 23.3 Å². The largest absolute Gasteiger partial charge is 0.384 e. The SMILES string of the molecule is Nc1cc(CN(Cc2cccs2)C2CC2)ccn1. The van der Waals surface area contributed by atoms with Crippen LogP contribution in [0.25, 0.3) is 0 Å². The summed E-state index contributed by atoms with van der Waals surface area (Å²) in [5.41, 5.74) is 6.99. The Kier molecular flexibility index (Phi) is 3.30. The molecule has 0 aromatic carbocycles. The highest BCUT2D eigenvalue weighted by atomic mass is 32.1. The zero-order chi connectivity index (χ0) is 12.4. The van der Waals surface area contributed by atoms with Crippen molar-refractivity contribution in [3.8, 4) is 0 Å². The van der Waals surface area contributed by atoms with Gasteiger partial charge in [0, 0.05) is 30.2 Å². The molecule has 2 aromatic heterocycles. The summed E-state index contributed by atoms with van der Waals surface area (Å²) in [6.07, 6.45) is 4.44. The molecule has 0 bridgehead atoms. The van der Waals surface area contributed by atoms with E-state index in [9.17, 15) is 0 Å². The summed E-state index contributed by atoms with van der Waals surface area (Å²) in [5, 5.41) is 2.14. The van der Waals surface area contributed by atoms with Crippen molar-refractivity contribution in [1.82, 2.24) is 9.88 Å². The zero-order valence-electron chi connectivity index (χ0n) is 10.2. The first kappa shape index (κ1) is 11.7. The molecule has 2 heterocycles. The van der Waals surface area contributed by atoms with Crippen molar-refractivity contribution in [2.24, 2.45) is 0 Å². The van der Waals surface area contributed by atoms with E-state index in [1.54, 1.807) is 6.20 Å². The molecular weight excluding hydrogens is 242 g/mol. The molecule has 4 heteroatoms. The van der Waals surface area contributed by atoms with Crippen molar-refractivity contribution < 1.29 is 0 Å². The molecule has 1 fully saturated rings. The quantitative estimate of drug-likeness (QED) is 0.897. The third kappa shape index (κ3) is 2.89. The standard InChI is InChI=1S/C14H17N3S/c15-14-8-11(5-6-16-14)9-17(12-3-4-12)10-13-2-1-7-18-13/h1-2,5-8,12H,3-4,9-10H2,(H2,15,16). The Morgan fingerprint density at radius 1 is 1.33 bits per heavy atom. The topological polar surface area (TPSA) is 42.1 Å². The van der Waals surface area contributed by atoms with E-state index in [4.69, 9.17) is 5.73 Å². The monoisotopic (exact) mass is 259 g/mol. The van der Waals surface area contributed by atoms with E-state index >= 15 is 0 Å². The number of hydrogen-bond donors (Lipinski definition) is 1. The van der Waals surface area contributed by atoms with Gasteiger partial charge in [-0.2, -0.15) is 0 Å². The normalized spacial score (nSPS) is 15.2. The van der Waals surface area contributed by atoms with Crippen molar-refractivity contribution >= 4 is 17.2 Å². The second-order valence-electron chi connectivity index (χ2n) is 4.80. The Morgan fingerprint density at radius 2 is 2.22 bits per heavy atom. The summed E-state index contributed by atoms with van der Waals surface area (Å²) < 4.78 is 0. The van der Waals surface area contributed by atoms with Gasteiger partial charge in [-0.3, -0.25) is 4.90 Å². The fourth-order valence-electron chi connectivity index (χ4n) is 2.18. The second-order valence-corrected chi connectivity index (χ2v) is 5.84. The van der Waals surface area contributed by atoms with Crippen LogP contribution in [0.1, 0.15) is 23.3 Å². The fraction of sp³-hybridized carbons (Fsp3) is 0.357. The van der Waals surface area contributed by atoms with Gasteiger partial charge in [-0.25, -0.2) is 4.98 Å². The Bertz CT molecular complexity index is 506. The van der Waals surface area contributed by atoms with Crippen LogP contribution < -0.4 is 5.73 Å². The molecule has 18 heavy (non-hydrogen) atoms. The summed E-state index contributed by atoms with van der Waals surface area (Å²) in [6, 6.07) is 9.11. The van der Waals surface area contributed by atoms with E-state index < -0.39 is 0 Å². The molecule has 0 amide bonds. The molecule has 3 rings (SSSR count). The van der Waals surface area contributed by atoms with Gasteiger partial charge >= 0.3 is 0 Å². The lowest BCUT2D eigenvalue weighted by Gasteiger charge is -2.21. The molecule has 0 saturated heterocycles. The number of rotatable bonds is 5. The number of thiophene rings is 1. The van der Waals surface area contributed by atoms with E-state index in [0.29, 0.717) is 5.82 Å². The molecule has 0 unspecified atom stereocenters. The zero-order valence-corrected chi connectivity index (χ0v) is 11.1. The van der Waals surface area contributed by atoms with Crippen molar-refractivity contribution in [3.05, 3.63) is 46.3 Å². The van der Waals surface area contributed by atoms with Gasteiger partial charge in [0.1, 0.15) is 5.82 Å². The molecule has 0 radical (unpaired) electrons. The van der Waals surface area contributed by atoms with Crippen molar-refractivity contribution in [2.75, 3.05) is 5.73 Å². The van der Waals surface area contributed by atoms with Crippen LogP contribution >= 0.6 is 11.3 Å². The number of aromatic nitrogens is 1. The third-order valence-corrected chi connectivity index (χ3v) is 4.09. The maximum Gasteiger partial charge on any atom is 0.123 e. The molecule has 1 aliphatic carbocycles. The predicted molar refractivity (Wildman–Crippen MR) is 75.2 cm³/mol. The van der Waals surface area contributed by atoms with E-state index in [1.807, 2.05) is 17.4 Å². The molecule has 0 aliphatic heterocycles. The van der Waals surface area contributed by atoms with Gasteiger partial charge in [0.05, 0.1) is 0 Å². The molecule has 0 spiro atoms. The molecule has 2 aromatic rings. The van der Waals surface area contributed by atoms with Crippen molar-refractivity contribution in [1.29, 1.82) is 0 Å². The molecule has 1 saturated carbocycles. The maximum atomic E-state index is 5.73. The van der Waals surface area contributed by atoms with Crippen LogP contribution in [-0.4, -0.2) is 15.9 Å². The van der Waals surface area contributed by atoms with E-state index in [2.05, 4.69) is 33.5 Å². The Labute approximate surface area is 111 Å². The first-order valence-corrected chi connectivity index (χ1v) is 7.16. The van der Waals surface area contributed by atoms with Crippen molar-refractivity contribution in [2.45, 2.75) is 32.0 Å². The van der Waals surface area contributed by atoms with Crippen LogP contribution in [0.4, 0.5) is 5.82 Å². The van der Waals surface area contributed by atoms with Crippen LogP contribution in [0.5, 0.6) is 0 Å². The average Bonchev–Trinajstić information content (AvgIpc) is 3.08. The van der Waals surface area contributed by atoms with Crippen LogP contribution in [-0.2, 0) is 13.1 Å². The van der Waals surface area contributed by atoms with Crippen LogP contribution in [0.2, 0.25) is 0 Å². The van der Waals surface area contributed by atoms with Crippen LogP contribution in [0.15, 0.2) is 35.8 Å². The molecule has 0 atom stereocenters. The highest BCUT2D eigenvalue weighted by molar-refractivity contribution is 7.09. The molecule has 2 N–H and O–H groups in total. The van der Waals surface area contributed by atoms with Gasteiger partial charge < -0.3 is 5.73 Å². The Hall–Kier alpha value is -1.39. The molecule has 3 nitrogen and oxygen atoms in total. The summed E-state index contributed by atoms with van der Waals surface area (Å²) in [7, 11) is 0. The molecule has 94 valence electrons. The van der Waals surface area contributed by atoms with Gasteiger partial charge in [-0.1, -0.05) is 6.07 Å². The number of pyridine rings is 1. The minimum Gasteiger partial charge on any atom is -0.384 e. The molecular formula is C14H17N3S. The van der Waals surface area contributed by atoms with E-state index in [-0.39, 0.29) is 0 Å². The maximum absolute atomic E-state index is 5.73. The lowest BCUT2D eigenvalue weighted by molar-refractivity contribution is 0.248. The van der Waals surface area contributed by atoms with E-state index in [0.717, 1.165) is 19.1 Å². The summed E-state index contributed by atoms with van der Waals surface area (Å²) in [5.74, 6) is 0.611. The predicted octanol–water partition coefficient (Wildman–Crippen LogP) is 2.89. The smallest absolute Gasteiger partial charge is 0.123 e. The van der Waals surface area contributed by atoms with Gasteiger partial charge in [0.2, 0.25) is 0 Å². The highest BCUT2D eigenvalue weighted by Crippen LogP contribution is 2.30. The average molecular weight is 259 g/mol. The minimum atomic E-state index is 0.611. The fourth-order valence-corrected chi connectivity index (χ4v) is 2.91. The third-order valence-electron chi connectivity index (χ3n) is 3.23. The first-order valence-electron chi connectivity index (χ1n) is 6.28. The second kappa shape index (κ2) is 5.08. The van der Waals surface area contributed by atoms with Gasteiger partial charge in [-0.05, 0) is 42.0 Å². The Morgan fingerprint density at radius 3 is 2.89 bits per heavy atom. The van der Waals surface area contributed by atoms with Gasteiger partial charge in [0.15, 0.2) is 0 Å². The van der Waals surface area contributed by atoms with Crippen molar-refractivity contribution in [3.63, 3.8) is 0 Å². The summed E-state index contributed by atoms with van der Waals surface area (Å²) in [6.45, 7) is 2.01. The number of nitrogen functional groups attached to an aromatic ring is 1. The first-order chi connectivity index (χ1) is 8.81.